The Hall–Kier alpha value is -5.58. The predicted molar refractivity (Wildman–Crippen MR) is 188 cm³/mol. The first-order valence-electron chi connectivity index (χ1n) is 14.8. The summed E-state index contributed by atoms with van der Waals surface area (Å²) in [5, 5.41) is 0. The van der Waals surface area contributed by atoms with Crippen molar-refractivity contribution in [1.29, 1.82) is 0 Å². The Morgan fingerprint density at radius 3 is 1.47 bits per heavy atom. The Kier molecular flexibility index (Phi) is 15.8. The first-order chi connectivity index (χ1) is 24.0. The van der Waals surface area contributed by atoms with Gasteiger partial charge in [-0.15, -0.1) is 18.1 Å². The summed E-state index contributed by atoms with van der Waals surface area (Å²) in [6.45, 7) is 3.01. The molecule has 0 bridgehead atoms. The maximum atomic E-state index is 14.6. The van der Waals surface area contributed by atoms with Gasteiger partial charge in [0.2, 0.25) is 11.6 Å². The Morgan fingerprint density at radius 2 is 1.14 bits per heavy atom. The molecule has 13 heteroatoms. The molecule has 0 spiro atoms. The number of hydrogen-bond acceptors (Lipinski definition) is 6. The number of halogens is 5. The van der Waals surface area contributed by atoms with Crippen LogP contribution in [0.2, 0.25) is 0 Å². The third-order valence-electron chi connectivity index (χ3n) is 6.62. The first-order valence-corrected chi connectivity index (χ1v) is 14.8. The fraction of sp³-hybridized carbons (Fsp3) is 0.0263. The number of allylic oxidation sites excluding steroid dienone is 2. The van der Waals surface area contributed by atoms with Gasteiger partial charge in [0.05, 0.1) is 34.0 Å². The number of pyridine rings is 4. The van der Waals surface area contributed by atoms with Gasteiger partial charge in [-0.2, -0.15) is 15.0 Å². The van der Waals surface area contributed by atoms with Gasteiger partial charge in [0.1, 0.15) is 6.61 Å². The fourth-order valence-corrected chi connectivity index (χ4v) is 4.44. The summed E-state index contributed by atoms with van der Waals surface area (Å²) in [6, 6.07) is 26.2. The van der Waals surface area contributed by atoms with Crippen molar-refractivity contribution in [2.24, 2.45) is 4.99 Å². The average Bonchev–Trinajstić information content (AvgIpc) is 3.91. The molecule has 5 aromatic heterocycles. The van der Waals surface area contributed by atoms with E-state index in [9.17, 15) is 17.6 Å². The summed E-state index contributed by atoms with van der Waals surface area (Å²) in [5.74, 6) is -7.57. The first kappa shape index (κ1) is 39.9. The molecule has 0 unspecified atom stereocenters. The van der Waals surface area contributed by atoms with E-state index in [0.717, 1.165) is 22.8 Å². The molecule has 0 saturated carbocycles. The van der Waals surface area contributed by atoms with Gasteiger partial charge in [-0.3, -0.25) is 24.9 Å². The molecule has 51 heavy (non-hydrogen) atoms. The summed E-state index contributed by atoms with van der Waals surface area (Å²) in [6.07, 6.45) is 14.0. The molecular formula is C38H28ClF4N6ORu. The van der Waals surface area contributed by atoms with Gasteiger partial charge in [-0.25, -0.2) is 8.78 Å². The largest absolute Gasteiger partial charge is 1.00 e. The molecule has 6 heterocycles. The Morgan fingerprint density at radius 1 is 0.667 bits per heavy atom. The van der Waals surface area contributed by atoms with Crippen molar-refractivity contribution in [3.63, 3.8) is 0 Å². The van der Waals surface area contributed by atoms with Crippen LogP contribution in [0.15, 0.2) is 151 Å². The molecule has 0 aliphatic carbocycles. The minimum Gasteiger partial charge on any atom is -0.664 e. The van der Waals surface area contributed by atoms with Crippen LogP contribution in [0.1, 0.15) is 11.3 Å². The SMILES string of the molecule is C=CCOc1c(F)c(F)c(C(=C2C=CC=N2)c2ccc[n-]2)c(F)c1F.Cl.[Ru+].c1ccc(-c2ccccn2)nc1.c1ccc(-c2ccccn2)nc1. The zero-order valence-electron chi connectivity index (χ0n) is 26.6. The van der Waals surface area contributed by atoms with E-state index in [0.29, 0.717) is 0 Å². The minimum absolute atomic E-state index is 0. The second-order valence-corrected chi connectivity index (χ2v) is 9.84. The molecular weight excluding hydrogens is 769 g/mol. The maximum absolute atomic E-state index is 14.6. The molecule has 1 aromatic carbocycles. The van der Waals surface area contributed by atoms with Gasteiger partial charge in [0.25, 0.3) is 0 Å². The molecule has 0 atom stereocenters. The Labute approximate surface area is 310 Å². The van der Waals surface area contributed by atoms with Crippen LogP contribution in [0.5, 0.6) is 5.75 Å². The van der Waals surface area contributed by atoms with E-state index in [1.165, 1.54) is 42.8 Å². The second kappa shape index (κ2) is 20.2. The van der Waals surface area contributed by atoms with E-state index in [4.69, 9.17) is 4.74 Å². The summed E-state index contributed by atoms with van der Waals surface area (Å²) in [4.78, 5) is 24.7. The van der Waals surface area contributed by atoms with Crippen LogP contribution in [-0.4, -0.2) is 32.8 Å². The van der Waals surface area contributed by atoms with Crippen LogP contribution in [0.3, 0.4) is 0 Å². The maximum Gasteiger partial charge on any atom is 1.00 e. The molecule has 1 radical (unpaired) electrons. The number of hydrogen-bond donors (Lipinski definition) is 0. The van der Waals surface area contributed by atoms with Crippen molar-refractivity contribution in [2.75, 3.05) is 6.61 Å². The van der Waals surface area contributed by atoms with Crippen LogP contribution >= 0.6 is 12.4 Å². The van der Waals surface area contributed by atoms with Crippen molar-refractivity contribution in [2.45, 2.75) is 0 Å². The Balaban J connectivity index is 0.000000226. The summed E-state index contributed by atoms with van der Waals surface area (Å²) < 4.78 is 62.5. The second-order valence-electron chi connectivity index (χ2n) is 9.84. The number of benzene rings is 1. The quantitative estimate of drug-likeness (QED) is 0.0695. The minimum atomic E-state index is -1.63. The zero-order valence-corrected chi connectivity index (χ0v) is 29.1. The van der Waals surface area contributed by atoms with Crippen molar-refractivity contribution in [3.8, 4) is 28.5 Å². The summed E-state index contributed by atoms with van der Waals surface area (Å²) >= 11 is 0. The molecule has 259 valence electrons. The van der Waals surface area contributed by atoms with E-state index >= 15 is 0 Å². The number of rotatable bonds is 7. The molecule has 0 N–H and O–H groups in total. The van der Waals surface area contributed by atoms with E-state index in [1.807, 2.05) is 72.8 Å². The fourth-order valence-electron chi connectivity index (χ4n) is 4.44. The van der Waals surface area contributed by atoms with Crippen molar-refractivity contribution in [1.82, 2.24) is 24.9 Å². The van der Waals surface area contributed by atoms with E-state index in [1.54, 1.807) is 24.8 Å². The smallest absolute Gasteiger partial charge is 0.664 e. The predicted octanol–water partition coefficient (Wildman–Crippen LogP) is 8.87. The molecule has 1 aliphatic rings. The molecule has 0 amide bonds. The van der Waals surface area contributed by atoms with Crippen LogP contribution in [0.25, 0.3) is 28.3 Å². The van der Waals surface area contributed by atoms with E-state index < -0.39 is 34.6 Å². The van der Waals surface area contributed by atoms with E-state index in [2.05, 4.69) is 36.5 Å². The van der Waals surface area contributed by atoms with Crippen molar-refractivity contribution >= 4 is 24.2 Å². The van der Waals surface area contributed by atoms with Gasteiger partial charge in [-0.1, -0.05) is 49.1 Å². The van der Waals surface area contributed by atoms with Gasteiger partial charge in [0.15, 0.2) is 17.4 Å². The third-order valence-corrected chi connectivity index (χ3v) is 6.62. The van der Waals surface area contributed by atoms with Gasteiger partial charge < -0.3 is 9.72 Å². The third kappa shape index (κ3) is 10.2. The number of nitrogens with zero attached hydrogens (tertiary/aromatic N) is 6. The van der Waals surface area contributed by atoms with Crippen LogP contribution < -0.4 is 9.72 Å². The summed E-state index contributed by atoms with van der Waals surface area (Å²) in [7, 11) is 0. The van der Waals surface area contributed by atoms with Crippen LogP contribution in [-0.2, 0) is 19.5 Å². The standard InChI is InChI=1S/C18H11F4N2O.2C10H8N2.ClH.Ru/c1-2-9-25-18-16(21)14(19)13(15(20)17(18)22)12(10-5-3-7-23-10)11-6-4-8-24-11;2*1-3-7-11-9(5-1)10-6-2-4-8-12-10;;/h2-8H,1,9H2;2*1-8H;1H;/q-1;;;;+1. The molecule has 6 aromatic rings. The molecule has 1 aliphatic heterocycles. The van der Waals surface area contributed by atoms with Crippen molar-refractivity contribution in [3.05, 3.63) is 181 Å². The topological polar surface area (TPSA) is 87.2 Å². The van der Waals surface area contributed by atoms with Gasteiger partial charge in [-0.05, 0) is 66.3 Å². The molecule has 0 saturated heterocycles. The number of aliphatic imine (C=N–C) groups is 1. The van der Waals surface area contributed by atoms with Crippen LogP contribution in [0.4, 0.5) is 17.6 Å². The normalized spacial score (nSPS) is 11.8. The zero-order chi connectivity index (χ0) is 34.4. The van der Waals surface area contributed by atoms with Gasteiger partial charge in [0, 0.05) is 31.0 Å². The Bertz CT molecular complexity index is 1880. The molecule has 7 rings (SSSR count). The monoisotopic (exact) mass is 797 g/mol. The van der Waals surface area contributed by atoms with E-state index in [-0.39, 0.29) is 55.5 Å². The number of aromatic nitrogens is 5. The van der Waals surface area contributed by atoms with Crippen LogP contribution in [0, 0.1) is 23.3 Å². The number of ether oxygens (including phenoxy) is 1. The van der Waals surface area contributed by atoms with Gasteiger partial charge >= 0.3 is 19.5 Å². The summed E-state index contributed by atoms with van der Waals surface area (Å²) in [5.41, 5.74) is 2.88. The average molecular weight is 797 g/mol. The van der Waals surface area contributed by atoms with Crippen molar-refractivity contribution < 1.29 is 41.8 Å². The molecule has 7 nitrogen and oxygen atoms in total. The molecule has 0 fully saturated rings.